The average molecular weight is 241 g/mol. The molecule has 6 heteroatoms. The first-order valence-electron chi connectivity index (χ1n) is 4.36. The Labute approximate surface area is 89.2 Å². The maximum absolute atomic E-state index is 5.27. The van der Waals surface area contributed by atoms with Crippen LogP contribution in [-0.2, 0) is 20.9 Å². The number of hydrogen-bond acceptors (Lipinski definition) is 5. The second-order valence-electron chi connectivity index (χ2n) is 2.88. The Kier molecular flexibility index (Phi) is 5.23. The van der Waals surface area contributed by atoms with E-state index in [9.17, 15) is 0 Å². The van der Waals surface area contributed by atoms with Crippen LogP contribution in [0.1, 0.15) is 19.3 Å². The highest BCUT2D eigenvalue weighted by Crippen LogP contribution is 2.61. The van der Waals surface area contributed by atoms with Crippen LogP contribution in [-0.4, -0.2) is 31.6 Å². The maximum Gasteiger partial charge on any atom is 0.261 e. The Morgan fingerprint density at radius 2 is 1.69 bits per heavy atom. The van der Waals surface area contributed by atoms with Gasteiger partial charge in [0.05, 0.1) is 0 Å². The van der Waals surface area contributed by atoms with Crippen LogP contribution in [0.2, 0.25) is 0 Å². The Balaban J connectivity index is 2.40. The molecular formula is C7H16NO2PS2. The Hall–Kier alpha value is 0.880. The second-order valence-corrected chi connectivity index (χ2v) is 9.26. The van der Waals surface area contributed by atoms with Crippen molar-refractivity contribution in [1.29, 1.82) is 0 Å². The van der Waals surface area contributed by atoms with E-state index < -0.39 is 5.69 Å². The van der Waals surface area contributed by atoms with E-state index in [2.05, 4.69) is 4.31 Å². The van der Waals surface area contributed by atoms with Gasteiger partial charge in [-0.05, 0) is 24.6 Å². The van der Waals surface area contributed by atoms with E-state index in [1.807, 2.05) is 0 Å². The van der Waals surface area contributed by atoms with Gasteiger partial charge >= 0.3 is 0 Å². The van der Waals surface area contributed by atoms with Crippen molar-refractivity contribution in [3.63, 3.8) is 0 Å². The van der Waals surface area contributed by atoms with Crippen LogP contribution in [0.3, 0.4) is 0 Å². The Morgan fingerprint density at radius 3 is 2.15 bits per heavy atom. The summed E-state index contributed by atoms with van der Waals surface area (Å²) in [5, 5.41) is 0. The summed E-state index contributed by atoms with van der Waals surface area (Å²) < 4.78 is 12.7. The highest BCUT2D eigenvalue weighted by molar-refractivity contribution is 8.67. The molecule has 3 nitrogen and oxygen atoms in total. The fourth-order valence-corrected chi connectivity index (χ4v) is 4.80. The van der Waals surface area contributed by atoms with Gasteiger partial charge < -0.3 is 9.05 Å². The molecule has 0 amide bonds. The lowest BCUT2D eigenvalue weighted by Gasteiger charge is -2.28. The summed E-state index contributed by atoms with van der Waals surface area (Å²) in [5.41, 5.74) is -2.07. The molecule has 13 heavy (non-hydrogen) atoms. The monoisotopic (exact) mass is 241 g/mol. The van der Waals surface area contributed by atoms with Crippen LogP contribution in [0.4, 0.5) is 0 Å². The van der Waals surface area contributed by atoms with E-state index in [-0.39, 0.29) is 0 Å². The summed E-state index contributed by atoms with van der Waals surface area (Å²) in [7, 11) is 3.25. The molecule has 78 valence electrons. The van der Waals surface area contributed by atoms with Gasteiger partial charge in [-0.1, -0.05) is 6.42 Å². The predicted octanol–water partition coefficient (Wildman–Crippen LogP) is 2.64. The van der Waals surface area contributed by atoms with Crippen LogP contribution in [0, 0.1) is 0 Å². The Bertz CT molecular complexity index is 189. The summed E-state index contributed by atoms with van der Waals surface area (Å²) in [4.78, 5) is 0. The summed E-state index contributed by atoms with van der Waals surface area (Å²) in [6.07, 6.45) is 3.85. The third-order valence-corrected chi connectivity index (χ3v) is 7.35. The molecule has 1 heterocycles. The van der Waals surface area contributed by atoms with Gasteiger partial charge in [-0.3, -0.25) is 0 Å². The molecular weight excluding hydrogens is 225 g/mol. The van der Waals surface area contributed by atoms with Gasteiger partial charge in [0, 0.05) is 38.9 Å². The largest absolute Gasteiger partial charge is 0.324 e. The van der Waals surface area contributed by atoms with Gasteiger partial charge in [-0.2, -0.15) is 0 Å². The SMILES string of the molecule is COP(=S)(OC)SN1CCCCC1. The standard InChI is InChI=1S/C7H16NO2PS2/c1-9-11(12,10-2)13-8-6-4-3-5-7-8/h3-7H2,1-2H3. The second kappa shape index (κ2) is 5.69. The van der Waals surface area contributed by atoms with Crippen molar-refractivity contribution >= 4 is 29.1 Å². The molecule has 0 atom stereocenters. The third-order valence-electron chi connectivity index (χ3n) is 1.98. The van der Waals surface area contributed by atoms with Gasteiger partial charge in [-0.15, -0.1) is 0 Å². The van der Waals surface area contributed by atoms with Crippen LogP contribution in [0.15, 0.2) is 0 Å². The fourth-order valence-electron chi connectivity index (χ4n) is 1.23. The minimum atomic E-state index is -2.07. The molecule has 0 aromatic heterocycles. The summed E-state index contributed by atoms with van der Waals surface area (Å²) in [6.45, 7) is 2.21. The lowest BCUT2D eigenvalue weighted by Crippen LogP contribution is -2.22. The van der Waals surface area contributed by atoms with E-state index >= 15 is 0 Å². The van der Waals surface area contributed by atoms with Crippen molar-refractivity contribution in [1.82, 2.24) is 4.31 Å². The summed E-state index contributed by atoms with van der Waals surface area (Å²) >= 11 is 6.86. The normalized spacial score (nSPS) is 20.5. The zero-order valence-corrected chi connectivity index (χ0v) is 10.6. The lowest BCUT2D eigenvalue weighted by atomic mass is 10.2. The molecule has 1 fully saturated rings. The first kappa shape index (κ1) is 12.0. The molecule has 0 spiro atoms. The average Bonchev–Trinajstić information content (AvgIpc) is 2.19. The minimum Gasteiger partial charge on any atom is -0.324 e. The maximum atomic E-state index is 5.27. The molecule has 0 unspecified atom stereocenters. The quantitative estimate of drug-likeness (QED) is 0.555. The van der Waals surface area contributed by atoms with Gasteiger partial charge in [0.1, 0.15) is 0 Å². The van der Waals surface area contributed by atoms with Crippen molar-refractivity contribution in [2.24, 2.45) is 0 Å². The highest BCUT2D eigenvalue weighted by atomic mass is 32.9. The van der Waals surface area contributed by atoms with Gasteiger partial charge in [-0.25, -0.2) is 4.31 Å². The van der Waals surface area contributed by atoms with Gasteiger partial charge in [0.2, 0.25) is 0 Å². The zero-order chi connectivity index (χ0) is 9.73. The van der Waals surface area contributed by atoms with Crippen LogP contribution in [0.25, 0.3) is 0 Å². The molecule has 0 saturated carbocycles. The molecule has 0 aromatic rings. The first-order valence-corrected chi connectivity index (χ1v) is 8.38. The summed E-state index contributed by atoms with van der Waals surface area (Å²) in [5.74, 6) is 0. The highest BCUT2D eigenvalue weighted by Gasteiger charge is 2.22. The number of piperidine rings is 1. The van der Waals surface area contributed by atoms with Crippen LogP contribution < -0.4 is 0 Å². The molecule has 0 bridgehead atoms. The zero-order valence-electron chi connectivity index (χ0n) is 8.06. The van der Waals surface area contributed by atoms with Gasteiger partial charge in [0.25, 0.3) is 5.69 Å². The molecule has 0 aliphatic carbocycles. The van der Waals surface area contributed by atoms with E-state index in [0.29, 0.717) is 0 Å². The van der Waals surface area contributed by atoms with Crippen molar-refractivity contribution in [3.8, 4) is 0 Å². The van der Waals surface area contributed by atoms with E-state index in [1.165, 1.54) is 19.3 Å². The molecule has 1 aliphatic rings. The minimum absolute atomic E-state index is 1.11. The first-order chi connectivity index (χ1) is 6.20. The topological polar surface area (TPSA) is 21.7 Å². The van der Waals surface area contributed by atoms with Crippen molar-refractivity contribution < 1.29 is 9.05 Å². The van der Waals surface area contributed by atoms with Crippen LogP contribution >= 0.6 is 17.3 Å². The van der Waals surface area contributed by atoms with Gasteiger partial charge in [0.15, 0.2) is 0 Å². The number of hydrogen-bond donors (Lipinski definition) is 0. The molecule has 1 rings (SSSR count). The molecule has 0 N–H and O–H groups in total. The smallest absolute Gasteiger partial charge is 0.261 e. The van der Waals surface area contributed by atoms with E-state index in [4.69, 9.17) is 20.9 Å². The fraction of sp³-hybridized carbons (Fsp3) is 1.00. The molecule has 1 saturated heterocycles. The number of nitrogens with zero attached hydrogens (tertiary/aromatic N) is 1. The molecule has 1 aliphatic heterocycles. The number of rotatable bonds is 4. The Morgan fingerprint density at radius 1 is 1.15 bits per heavy atom. The van der Waals surface area contributed by atoms with E-state index in [0.717, 1.165) is 13.1 Å². The summed E-state index contributed by atoms with van der Waals surface area (Å²) in [6, 6.07) is 0. The van der Waals surface area contributed by atoms with Crippen molar-refractivity contribution in [2.45, 2.75) is 19.3 Å². The molecule has 0 aromatic carbocycles. The van der Waals surface area contributed by atoms with E-state index in [1.54, 1.807) is 25.8 Å². The third kappa shape index (κ3) is 3.86. The predicted molar refractivity (Wildman–Crippen MR) is 61.3 cm³/mol. The van der Waals surface area contributed by atoms with Crippen molar-refractivity contribution in [3.05, 3.63) is 0 Å². The molecule has 0 radical (unpaired) electrons. The van der Waals surface area contributed by atoms with Crippen molar-refractivity contribution in [2.75, 3.05) is 27.3 Å². The van der Waals surface area contributed by atoms with Crippen LogP contribution in [0.5, 0.6) is 0 Å². The lowest BCUT2D eigenvalue weighted by molar-refractivity contribution is 0.346.